The van der Waals surface area contributed by atoms with E-state index in [-0.39, 0.29) is 0 Å². The summed E-state index contributed by atoms with van der Waals surface area (Å²) in [5.41, 5.74) is 2.22. The zero-order valence-electron chi connectivity index (χ0n) is 12.7. The lowest BCUT2D eigenvalue weighted by Gasteiger charge is -2.18. The predicted octanol–water partition coefficient (Wildman–Crippen LogP) is 3.98. The van der Waals surface area contributed by atoms with Crippen LogP contribution in [0.2, 0.25) is 19.6 Å². The summed E-state index contributed by atoms with van der Waals surface area (Å²) in [7, 11) is -1.80. The number of benzene rings is 2. The van der Waals surface area contributed by atoms with E-state index < -0.39 is 14.4 Å². The maximum atomic E-state index is 10.6. The fourth-order valence-electron chi connectivity index (χ4n) is 1.85. The van der Waals surface area contributed by atoms with Crippen molar-refractivity contribution >= 4 is 14.0 Å². The highest BCUT2D eigenvalue weighted by Crippen LogP contribution is 2.20. The zero-order valence-corrected chi connectivity index (χ0v) is 13.7. The first kappa shape index (κ1) is 15.5. The van der Waals surface area contributed by atoms with Gasteiger partial charge in [0, 0.05) is 5.56 Å². The normalized spacial score (nSPS) is 13.8. The van der Waals surface area contributed by atoms with Crippen LogP contribution in [0.4, 0.5) is 0 Å². The molecule has 21 heavy (non-hydrogen) atoms. The van der Waals surface area contributed by atoms with Crippen LogP contribution in [0.5, 0.6) is 0 Å². The second kappa shape index (κ2) is 6.69. The maximum Gasteiger partial charge on any atom is 0.278 e. The zero-order chi connectivity index (χ0) is 15.3. The Kier molecular flexibility index (Phi) is 4.93. The van der Waals surface area contributed by atoms with Crippen LogP contribution >= 0.6 is 0 Å². The van der Waals surface area contributed by atoms with E-state index in [4.69, 9.17) is 4.53 Å². The quantitative estimate of drug-likeness (QED) is 0.515. The minimum absolute atomic E-state index is 0.546. The fourth-order valence-corrected chi connectivity index (χ4v) is 2.22. The highest BCUT2D eigenvalue weighted by atomic mass is 28.4. The fraction of sp³-hybridized carbons (Fsp3) is 0.235. The molecule has 2 aromatic rings. The van der Waals surface area contributed by atoms with Crippen molar-refractivity contribution in [2.24, 2.45) is 5.16 Å². The average molecular weight is 299 g/mol. The number of aliphatic hydroxyl groups is 1. The Bertz CT molecular complexity index is 591. The Morgan fingerprint density at radius 3 is 2.00 bits per heavy atom. The minimum atomic E-state index is -1.80. The highest BCUT2D eigenvalue weighted by Gasteiger charge is 2.21. The topological polar surface area (TPSA) is 41.8 Å². The van der Waals surface area contributed by atoms with E-state index in [0.717, 1.165) is 11.1 Å². The Hall–Kier alpha value is -1.91. The summed E-state index contributed by atoms with van der Waals surface area (Å²) < 4.78 is 5.66. The molecule has 2 rings (SSSR count). The number of rotatable bonds is 5. The third-order valence-corrected chi connectivity index (χ3v) is 3.50. The first-order valence-electron chi connectivity index (χ1n) is 7.02. The van der Waals surface area contributed by atoms with Crippen LogP contribution in [0.3, 0.4) is 0 Å². The van der Waals surface area contributed by atoms with Gasteiger partial charge in [-0.1, -0.05) is 60.7 Å². The van der Waals surface area contributed by atoms with Crippen LogP contribution in [-0.4, -0.2) is 19.1 Å². The Balaban J connectivity index is 2.37. The molecule has 0 aliphatic carbocycles. The molecule has 2 aromatic carbocycles. The molecule has 0 aliphatic heterocycles. The summed E-state index contributed by atoms with van der Waals surface area (Å²) in [6.07, 6.45) is -0.801. The number of hydrogen-bond donors (Lipinski definition) is 1. The molecular formula is C17H21NO2Si. The smallest absolute Gasteiger partial charge is 0.278 e. The largest absolute Gasteiger partial charge is 0.455 e. The molecule has 0 radical (unpaired) electrons. The van der Waals surface area contributed by atoms with Crippen LogP contribution in [-0.2, 0) is 4.53 Å². The van der Waals surface area contributed by atoms with Crippen molar-refractivity contribution in [1.82, 2.24) is 0 Å². The third kappa shape index (κ3) is 4.55. The molecule has 0 saturated heterocycles. The summed E-state index contributed by atoms with van der Waals surface area (Å²) in [4.78, 5) is 0. The number of aliphatic hydroxyl groups excluding tert-OH is 1. The monoisotopic (exact) mass is 299 g/mol. The predicted molar refractivity (Wildman–Crippen MR) is 88.8 cm³/mol. The van der Waals surface area contributed by atoms with Gasteiger partial charge in [-0.15, -0.1) is 5.16 Å². The molecule has 1 atom stereocenters. The van der Waals surface area contributed by atoms with Gasteiger partial charge in [-0.05, 0) is 25.2 Å². The Labute approximate surface area is 127 Å². The van der Waals surface area contributed by atoms with Gasteiger partial charge >= 0.3 is 0 Å². The molecule has 0 bridgehead atoms. The van der Waals surface area contributed by atoms with Crippen LogP contribution in [0, 0.1) is 0 Å². The van der Waals surface area contributed by atoms with Gasteiger partial charge < -0.3 is 9.63 Å². The lowest BCUT2D eigenvalue weighted by molar-refractivity contribution is 0.238. The molecule has 0 saturated carbocycles. The van der Waals surface area contributed by atoms with Crippen LogP contribution in [0.1, 0.15) is 17.2 Å². The summed E-state index contributed by atoms with van der Waals surface area (Å²) in [5, 5.41) is 14.9. The molecule has 0 fully saturated rings. The summed E-state index contributed by atoms with van der Waals surface area (Å²) in [6, 6.07) is 19.2. The Morgan fingerprint density at radius 2 is 1.48 bits per heavy atom. The molecule has 1 unspecified atom stereocenters. The van der Waals surface area contributed by atoms with Gasteiger partial charge in [0.2, 0.25) is 0 Å². The van der Waals surface area contributed by atoms with Gasteiger partial charge in [0.1, 0.15) is 11.8 Å². The van der Waals surface area contributed by atoms with E-state index in [0.29, 0.717) is 5.71 Å². The van der Waals surface area contributed by atoms with Crippen LogP contribution in [0.15, 0.2) is 65.8 Å². The second-order valence-corrected chi connectivity index (χ2v) is 10.3. The van der Waals surface area contributed by atoms with Gasteiger partial charge in [0.25, 0.3) is 8.32 Å². The van der Waals surface area contributed by atoms with Crippen LogP contribution in [0.25, 0.3) is 0 Å². The first-order chi connectivity index (χ1) is 9.97. The van der Waals surface area contributed by atoms with Crippen molar-refractivity contribution in [2.45, 2.75) is 25.7 Å². The van der Waals surface area contributed by atoms with Gasteiger partial charge in [-0.25, -0.2) is 0 Å². The molecule has 0 heterocycles. The van der Waals surface area contributed by atoms with E-state index >= 15 is 0 Å². The summed E-state index contributed by atoms with van der Waals surface area (Å²) in [6.45, 7) is 6.19. The molecule has 4 heteroatoms. The highest BCUT2D eigenvalue weighted by molar-refractivity contribution is 6.69. The molecule has 0 aliphatic rings. The molecule has 3 nitrogen and oxygen atoms in total. The minimum Gasteiger partial charge on any atom is -0.455 e. The van der Waals surface area contributed by atoms with E-state index in [1.807, 2.05) is 60.7 Å². The summed E-state index contributed by atoms with van der Waals surface area (Å²) in [5.74, 6) is 0. The van der Waals surface area contributed by atoms with Crippen LogP contribution < -0.4 is 0 Å². The van der Waals surface area contributed by atoms with Crippen molar-refractivity contribution in [2.75, 3.05) is 0 Å². The summed E-state index contributed by atoms with van der Waals surface area (Å²) >= 11 is 0. The van der Waals surface area contributed by atoms with Gasteiger partial charge in [0.15, 0.2) is 0 Å². The second-order valence-electron chi connectivity index (χ2n) is 5.86. The molecule has 0 spiro atoms. The van der Waals surface area contributed by atoms with Crippen molar-refractivity contribution in [3.8, 4) is 0 Å². The van der Waals surface area contributed by atoms with Gasteiger partial charge in [-0.3, -0.25) is 0 Å². The lowest BCUT2D eigenvalue weighted by Crippen LogP contribution is -2.24. The average Bonchev–Trinajstić information content (AvgIpc) is 2.48. The van der Waals surface area contributed by atoms with Gasteiger partial charge in [0.05, 0.1) is 0 Å². The maximum absolute atomic E-state index is 10.6. The number of oxime groups is 1. The van der Waals surface area contributed by atoms with Crippen molar-refractivity contribution in [3.05, 3.63) is 71.8 Å². The molecule has 0 amide bonds. The molecule has 0 aromatic heterocycles. The molecule has 1 N–H and O–H groups in total. The standard InChI is InChI=1S/C17H21NO2Si/c1-21(2,3)20-18-16(14-10-6-4-7-11-14)17(19)15-12-8-5-9-13-15/h4-13,17,19H,1-3H3. The van der Waals surface area contributed by atoms with Crippen molar-refractivity contribution in [3.63, 3.8) is 0 Å². The molecular weight excluding hydrogens is 278 g/mol. The number of hydrogen-bond acceptors (Lipinski definition) is 3. The Morgan fingerprint density at radius 1 is 0.952 bits per heavy atom. The number of nitrogens with zero attached hydrogens (tertiary/aromatic N) is 1. The van der Waals surface area contributed by atoms with Crippen molar-refractivity contribution < 1.29 is 9.63 Å². The van der Waals surface area contributed by atoms with E-state index in [1.54, 1.807) is 0 Å². The third-order valence-electron chi connectivity index (χ3n) is 2.86. The lowest BCUT2D eigenvalue weighted by atomic mass is 9.99. The van der Waals surface area contributed by atoms with Crippen molar-refractivity contribution in [1.29, 1.82) is 0 Å². The SMILES string of the molecule is C[Si](C)(C)ON=C(c1ccccc1)C(O)c1ccccc1. The molecule has 110 valence electrons. The first-order valence-corrected chi connectivity index (χ1v) is 10.4. The van der Waals surface area contributed by atoms with E-state index in [1.165, 1.54) is 0 Å². The van der Waals surface area contributed by atoms with Gasteiger partial charge in [-0.2, -0.15) is 0 Å². The van der Waals surface area contributed by atoms with E-state index in [9.17, 15) is 5.11 Å². The van der Waals surface area contributed by atoms with E-state index in [2.05, 4.69) is 24.8 Å².